The van der Waals surface area contributed by atoms with E-state index in [0.29, 0.717) is 0 Å². The molecule has 0 amide bonds. The summed E-state index contributed by atoms with van der Waals surface area (Å²) in [6.45, 7) is 3.13. The average molecular weight is 433 g/mol. The molecule has 2 nitrogen and oxygen atoms in total. The van der Waals surface area contributed by atoms with Crippen LogP contribution in [0.3, 0.4) is 0 Å². The Morgan fingerprint density at radius 1 is 1.19 bits per heavy atom. The third-order valence-corrected chi connectivity index (χ3v) is 4.28. The van der Waals surface area contributed by atoms with Crippen molar-refractivity contribution in [2.75, 3.05) is 6.54 Å². The first-order valence-electron chi connectivity index (χ1n) is 6.88. The minimum Gasteiger partial charge on any atom is -0.310 e. The van der Waals surface area contributed by atoms with Crippen LogP contribution in [-0.4, -0.2) is 11.5 Å². The van der Waals surface area contributed by atoms with E-state index in [4.69, 9.17) is 11.6 Å². The van der Waals surface area contributed by atoms with Crippen LogP contribution in [-0.2, 0) is 6.42 Å². The van der Waals surface area contributed by atoms with Gasteiger partial charge in [0.2, 0.25) is 0 Å². The second-order valence-corrected chi connectivity index (χ2v) is 7.15. The fourth-order valence-corrected chi connectivity index (χ4v) is 3.26. The van der Waals surface area contributed by atoms with E-state index in [1.54, 1.807) is 0 Å². The molecule has 5 heteroatoms. The highest BCUT2D eigenvalue weighted by Crippen LogP contribution is 2.26. The highest BCUT2D eigenvalue weighted by atomic mass is 79.9. The molecule has 0 saturated carbocycles. The Labute approximate surface area is 147 Å². The van der Waals surface area contributed by atoms with Gasteiger partial charge in [-0.15, -0.1) is 0 Å². The molecule has 21 heavy (non-hydrogen) atoms. The molecule has 2 rings (SSSR count). The molecule has 0 bridgehead atoms. The van der Waals surface area contributed by atoms with E-state index in [-0.39, 0.29) is 6.04 Å². The zero-order valence-electron chi connectivity index (χ0n) is 11.7. The monoisotopic (exact) mass is 430 g/mol. The van der Waals surface area contributed by atoms with Crippen molar-refractivity contribution in [3.05, 3.63) is 61.8 Å². The van der Waals surface area contributed by atoms with Crippen LogP contribution < -0.4 is 5.32 Å². The number of nitrogens with one attached hydrogen (secondary N) is 1. The van der Waals surface area contributed by atoms with Gasteiger partial charge in [-0.25, -0.2) is 0 Å². The van der Waals surface area contributed by atoms with Crippen LogP contribution >= 0.6 is 43.5 Å². The van der Waals surface area contributed by atoms with E-state index in [1.165, 1.54) is 5.56 Å². The number of pyridine rings is 1. The Morgan fingerprint density at radius 2 is 2.00 bits per heavy atom. The Bertz CT molecular complexity index is 567. The van der Waals surface area contributed by atoms with Crippen LogP contribution in [0, 0.1) is 0 Å². The van der Waals surface area contributed by atoms with Gasteiger partial charge in [-0.05, 0) is 64.8 Å². The van der Waals surface area contributed by atoms with E-state index in [1.807, 2.05) is 30.5 Å². The fraction of sp³-hybridized carbons (Fsp3) is 0.312. The smallest absolute Gasteiger partial charge is 0.0423 e. The maximum atomic E-state index is 6.17. The lowest BCUT2D eigenvalue weighted by Crippen LogP contribution is -2.24. The van der Waals surface area contributed by atoms with Gasteiger partial charge in [0.1, 0.15) is 0 Å². The van der Waals surface area contributed by atoms with Gasteiger partial charge in [0.25, 0.3) is 0 Å². The predicted octanol–water partition coefficient (Wildman–Crippen LogP) is 5.54. The maximum absolute atomic E-state index is 6.17. The van der Waals surface area contributed by atoms with Crippen molar-refractivity contribution in [2.45, 2.75) is 25.8 Å². The van der Waals surface area contributed by atoms with Crippen LogP contribution in [0.4, 0.5) is 0 Å². The minimum atomic E-state index is 0.202. The maximum Gasteiger partial charge on any atom is 0.0423 e. The summed E-state index contributed by atoms with van der Waals surface area (Å²) in [5.74, 6) is 0. The second-order valence-electron chi connectivity index (χ2n) is 4.88. The van der Waals surface area contributed by atoms with E-state index in [0.717, 1.165) is 39.0 Å². The highest BCUT2D eigenvalue weighted by molar-refractivity contribution is 9.10. The third-order valence-electron chi connectivity index (χ3n) is 3.13. The summed E-state index contributed by atoms with van der Waals surface area (Å²) < 4.78 is 1.99. The number of halogens is 3. The van der Waals surface area contributed by atoms with Crippen molar-refractivity contribution in [3.8, 4) is 0 Å². The van der Waals surface area contributed by atoms with E-state index in [9.17, 15) is 0 Å². The molecule has 1 atom stereocenters. The lowest BCUT2D eigenvalue weighted by atomic mass is 10.0. The molecule has 0 aliphatic carbocycles. The van der Waals surface area contributed by atoms with Crippen LogP contribution in [0.2, 0.25) is 5.02 Å². The van der Waals surface area contributed by atoms with Crippen molar-refractivity contribution in [1.82, 2.24) is 10.3 Å². The van der Waals surface area contributed by atoms with Crippen LogP contribution in [0.1, 0.15) is 30.6 Å². The molecule has 0 fully saturated rings. The fourth-order valence-electron chi connectivity index (χ4n) is 2.14. The second kappa shape index (κ2) is 8.28. The SMILES string of the molecule is CCCNC(Cc1ccc(Br)cn1)c1cc(Cl)cc(Br)c1. The Hall–Kier alpha value is -0.420. The van der Waals surface area contributed by atoms with Gasteiger partial charge in [0.05, 0.1) is 0 Å². The molecular formula is C16H17Br2ClN2. The first-order valence-corrected chi connectivity index (χ1v) is 8.84. The standard InChI is InChI=1S/C16H17Br2ClN2/c1-2-5-20-16(9-15-4-3-12(17)10-21-15)11-6-13(18)8-14(19)7-11/h3-4,6-8,10,16,20H,2,5,9H2,1H3. The lowest BCUT2D eigenvalue weighted by molar-refractivity contribution is 0.524. The molecule has 1 N–H and O–H groups in total. The predicted molar refractivity (Wildman–Crippen MR) is 95.8 cm³/mol. The van der Waals surface area contributed by atoms with E-state index < -0.39 is 0 Å². The van der Waals surface area contributed by atoms with Crippen LogP contribution in [0.15, 0.2) is 45.5 Å². The van der Waals surface area contributed by atoms with Crippen LogP contribution in [0.5, 0.6) is 0 Å². The van der Waals surface area contributed by atoms with Gasteiger partial charge < -0.3 is 5.32 Å². The third kappa shape index (κ3) is 5.37. The van der Waals surface area contributed by atoms with Gasteiger partial charge in [-0.3, -0.25) is 4.98 Å². The number of rotatable bonds is 6. The first-order chi connectivity index (χ1) is 10.1. The summed E-state index contributed by atoms with van der Waals surface area (Å²) in [5.41, 5.74) is 2.23. The topological polar surface area (TPSA) is 24.9 Å². The van der Waals surface area contributed by atoms with Crippen LogP contribution in [0.25, 0.3) is 0 Å². The molecule has 0 saturated heterocycles. The van der Waals surface area contributed by atoms with Crippen molar-refractivity contribution in [1.29, 1.82) is 0 Å². The lowest BCUT2D eigenvalue weighted by Gasteiger charge is -2.19. The summed E-state index contributed by atoms with van der Waals surface area (Å²) in [5, 5.41) is 4.31. The average Bonchev–Trinajstić information content (AvgIpc) is 2.44. The molecule has 1 aromatic heterocycles. The number of benzene rings is 1. The summed E-state index contributed by atoms with van der Waals surface area (Å²) in [6, 6.07) is 10.3. The number of hydrogen-bond donors (Lipinski definition) is 1. The number of hydrogen-bond acceptors (Lipinski definition) is 2. The van der Waals surface area contributed by atoms with Gasteiger partial charge in [-0.2, -0.15) is 0 Å². The van der Waals surface area contributed by atoms with Gasteiger partial charge in [-0.1, -0.05) is 34.5 Å². The molecule has 1 unspecified atom stereocenters. The molecule has 0 aliphatic rings. The zero-order chi connectivity index (χ0) is 15.2. The van der Waals surface area contributed by atoms with E-state index >= 15 is 0 Å². The summed E-state index contributed by atoms with van der Waals surface area (Å²) in [4.78, 5) is 4.46. The first kappa shape index (κ1) is 16.9. The Kier molecular flexibility index (Phi) is 6.68. The molecule has 1 aromatic carbocycles. The normalized spacial score (nSPS) is 12.4. The number of aromatic nitrogens is 1. The largest absolute Gasteiger partial charge is 0.310 e. The van der Waals surface area contributed by atoms with Crippen molar-refractivity contribution in [2.24, 2.45) is 0 Å². The molecule has 2 aromatic rings. The van der Waals surface area contributed by atoms with Gasteiger partial charge in [0.15, 0.2) is 0 Å². The molecule has 112 valence electrons. The molecule has 0 radical (unpaired) electrons. The quantitative estimate of drug-likeness (QED) is 0.648. The molecule has 0 spiro atoms. The Balaban J connectivity index is 2.22. The Morgan fingerprint density at radius 3 is 2.62 bits per heavy atom. The summed E-state index contributed by atoms with van der Waals surface area (Å²) in [6.07, 6.45) is 3.76. The zero-order valence-corrected chi connectivity index (χ0v) is 15.7. The molecular weight excluding hydrogens is 415 g/mol. The number of nitrogens with zero attached hydrogens (tertiary/aromatic N) is 1. The summed E-state index contributed by atoms with van der Waals surface area (Å²) in [7, 11) is 0. The van der Waals surface area contributed by atoms with Gasteiger partial charge >= 0.3 is 0 Å². The van der Waals surface area contributed by atoms with Gasteiger partial charge in [0, 0.05) is 38.3 Å². The molecule has 0 aliphatic heterocycles. The van der Waals surface area contributed by atoms with Crippen molar-refractivity contribution in [3.63, 3.8) is 0 Å². The van der Waals surface area contributed by atoms with Crippen molar-refractivity contribution >= 4 is 43.5 Å². The molecule has 1 heterocycles. The highest BCUT2D eigenvalue weighted by Gasteiger charge is 2.13. The van der Waals surface area contributed by atoms with Crippen molar-refractivity contribution < 1.29 is 0 Å². The minimum absolute atomic E-state index is 0.202. The van der Waals surface area contributed by atoms with E-state index in [2.05, 4.69) is 55.2 Å². The summed E-state index contributed by atoms with van der Waals surface area (Å²) >= 11 is 13.1.